The van der Waals surface area contributed by atoms with Gasteiger partial charge in [0.05, 0.1) is 19.2 Å². The molecule has 0 radical (unpaired) electrons. The third-order valence-corrected chi connectivity index (χ3v) is 4.59. The van der Waals surface area contributed by atoms with Gasteiger partial charge in [-0.05, 0) is 24.6 Å². The molecular formula is C12H17ClN2O4S. The predicted octanol–water partition coefficient (Wildman–Crippen LogP) is 1.80. The highest BCUT2D eigenvalue weighted by Gasteiger charge is 2.18. The second kappa shape index (κ2) is 6.92. The Morgan fingerprint density at radius 1 is 1.45 bits per heavy atom. The van der Waals surface area contributed by atoms with Gasteiger partial charge in [0.1, 0.15) is 0 Å². The number of nitrogens with zero attached hydrogens (tertiary/aromatic N) is 1. The van der Waals surface area contributed by atoms with Crippen LogP contribution in [0.4, 0.5) is 5.69 Å². The van der Waals surface area contributed by atoms with Gasteiger partial charge in [-0.2, -0.15) is 12.7 Å². The van der Waals surface area contributed by atoms with Crippen LogP contribution in [-0.2, 0) is 19.7 Å². The highest BCUT2D eigenvalue weighted by Crippen LogP contribution is 2.21. The zero-order valence-corrected chi connectivity index (χ0v) is 13.1. The summed E-state index contributed by atoms with van der Waals surface area (Å²) in [5.41, 5.74) is 1.22. The van der Waals surface area contributed by atoms with E-state index in [9.17, 15) is 13.2 Å². The first-order valence-corrected chi connectivity index (χ1v) is 7.65. The average molecular weight is 321 g/mol. The fraction of sp³-hybridized carbons (Fsp3) is 0.417. The van der Waals surface area contributed by atoms with Gasteiger partial charge >= 0.3 is 16.2 Å². The number of hydrogen-bond donors (Lipinski definition) is 1. The van der Waals surface area contributed by atoms with Crippen LogP contribution in [0.5, 0.6) is 0 Å². The Morgan fingerprint density at radius 2 is 2.10 bits per heavy atom. The molecule has 0 heterocycles. The zero-order valence-electron chi connectivity index (χ0n) is 11.5. The van der Waals surface area contributed by atoms with Crippen LogP contribution >= 0.6 is 11.6 Å². The van der Waals surface area contributed by atoms with Crippen molar-refractivity contribution in [1.29, 1.82) is 0 Å². The molecule has 20 heavy (non-hydrogen) atoms. The third-order valence-electron chi connectivity index (χ3n) is 2.69. The maximum atomic E-state index is 12.0. The molecule has 0 aliphatic heterocycles. The third kappa shape index (κ3) is 4.66. The van der Waals surface area contributed by atoms with Crippen LogP contribution in [-0.4, -0.2) is 39.4 Å². The van der Waals surface area contributed by atoms with Crippen LogP contribution in [0.3, 0.4) is 0 Å². The van der Waals surface area contributed by atoms with Crippen molar-refractivity contribution >= 4 is 33.5 Å². The highest BCUT2D eigenvalue weighted by molar-refractivity contribution is 7.90. The summed E-state index contributed by atoms with van der Waals surface area (Å²) in [5.74, 6) is -0.467. The molecule has 0 aliphatic rings. The summed E-state index contributed by atoms with van der Waals surface area (Å²) in [7, 11) is -1.10. The number of carbonyl (C=O) groups excluding carboxylic acids is 1. The molecule has 1 aromatic rings. The number of hydrogen-bond acceptors (Lipinski definition) is 4. The van der Waals surface area contributed by atoms with Gasteiger partial charge in [-0.15, -0.1) is 0 Å². The number of carbonyl (C=O) groups is 1. The molecule has 0 amide bonds. The summed E-state index contributed by atoms with van der Waals surface area (Å²) >= 11 is 5.93. The van der Waals surface area contributed by atoms with Crippen LogP contribution in [0.25, 0.3) is 0 Å². The highest BCUT2D eigenvalue weighted by atomic mass is 35.5. The van der Waals surface area contributed by atoms with Crippen molar-refractivity contribution in [2.24, 2.45) is 0 Å². The molecule has 6 nitrogen and oxygen atoms in total. The maximum absolute atomic E-state index is 12.0. The average Bonchev–Trinajstić information content (AvgIpc) is 2.39. The summed E-state index contributed by atoms with van der Waals surface area (Å²) in [4.78, 5) is 11.0. The Balaban J connectivity index is 2.73. The van der Waals surface area contributed by atoms with Crippen molar-refractivity contribution in [1.82, 2.24) is 4.31 Å². The molecule has 0 fully saturated rings. The molecule has 8 heteroatoms. The molecule has 0 aliphatic carbocycles. The first-order valence-electron chi connectivity index (χ1n) is 5.83. The molecule has 1 rings (SSSR count). The molecule has 0 aromatic heterocycles. The first-order chi connectivity index (χ1) is 9.26. The summed E-state index contributed by atoms with van der Waals surface area (Å²) in [6.07, 6.45) is -0.0113. The summed E-state index contributed by atoms with van der Waals surface area (Å²) in [6, 6.07) is 4.87. The van der Waals surface area contributed by atoms with E-state index in [1.54, 1.807) is 12.1 Å². The Morgan fingerprint density at radius 3 is 2.65 bits per heavy atom. The lowest BCUT2D eigenvalue weighted by molar-refractivity contribution is -0.140. The number of benzene rings is 1. The minimum atomic E-state index is -3.73. The minimum absolute atomic E-state index is 0.0113. The van der Waals surface area contributed by atoms with Crippen molar-refractivity contribution in [2.45, 2.75) is 13.3 Å². The number of esters is 1. The van der Waals surface area contributed by atoms with Crippen LogP contribution in [0.2, 0.25) is 5.02 Å². The summed E-state index contributed by atoms with van der Waals surface area (Å²) in [6.45, 7) is 1.85. The molecule has 1 aromatic carbocycles. The molecule has 0 bridgehead atoms. The van der Waals surface area contributed by atoms with E-state index in [1.165, 1.54) is 20.2 Å². The molecule has 0 saturated carbocycles. The van der Waals surface area contributed by atoms with E-state index in [-0.39, 0.29) is 13.0 Å². The molecule has 1 N–H and O–H groups in total. The van der Waals surface area contributed by atoms with E-state index < -0.39 is 16.2 Å². The van der Waals surface area contributed by atoms with Crippen LogP contribution in [0, 0.1) is 6.92 Å². The number of aryl methyl sites for hydroxylation is 1. The number of anilines is 1. The zero-order chi connectivity index (χ0) is 15.3. The second-order valence-electron chi connectivity index (χ2n) is 4.22. The van der Waals surface area contributed by atoms with Gasteiger partial charge in [0.2, 0.25) is 0 Å². The van der Waals surface area contributed by atoms with Gasteiger partial charge in [0, 0.05) is 18.6 Å². The van der Waals surface area contributed by atoms with E-state index in [0.29, 0.717) is 10.7 Å². The second-order valence-corrected chi connectivity index (χ2v) is 6.40. The number of methoxy groups -OCH3 is 1. The number of halogens is 1. The first kappa shape index (κ1) is 16.7. The van der Waals surface area contributed by atoms with Crippen molar-refractivity contribution < 1.29 is 17.9 Å². The molecule has 0 saturated heterocycles. The lowest BCUT2D eigenvalue weighted by Gasteiger charge is -2.18. The minimum Gasteiger partial charge on any atom is -0.469 e. The molecule has 0 unspecified atom stereocenters. The number of nitrogens with one attached hydrogen (secondary N) is 1. The molecule has 0 spiro atoms. The fourth-order valence-electron chi connectivity index (χ4n) is 1.35. The van der Waals surface area contributed by atoms with Gasteiger partial charge in [-0.25, -0.2) is 0 Å². The summed E-state index contributed by atoms with van der Waals surface area (Å²) in [5, 5.41) is 0.474. The van der Waals surface area contributed by atoms with Gasteiger partial charge in [-0.1, -0.05) is 17.7 Å². The van der Waals surface area contributed by atoms with Crippen LogP contribution in [0.1, 0.15) is 12.0 Å². The Labute approximate surface area is 123 Å². The molecule has 112 valence electrons. The normalized spacial score (nSPS) is 11.4. The van der Waals surface area contributed by atoms with E-state index in [2.05, 4.69) is 9.46 Å². The van der Waals surface area contributed by atoms with E-state index >= 15 is 0 Å². The fourth-order valence-corrected chi connectivity index (χ4v) is 2.45. The Bertz CT molecular complexity index is 589. The van der Waals surface area contributed by atoms with Gasteiger partial charge in [-0.3, -0.25) is 9.52 Å². The Kier molecular flexibility index (Phi) is 5.79. The maximum Gasteiger partial charge on any atom is 0.306 e. The lowest BCUT2D eigenvalue weighted by Crippen LogP contribution is -2.34. The predicted molar refractivity (Wildman–Crippen MR) is 78.0 cm³/mol. The molecule has 0 atom stereocenters. The largest absolute Gasteiger partial charge is 0.469 e. The number of rotatable bonds is 6. The lowest BCUT2D eigenvalue weighted by atomic mass is 10.2. The van der Waals surface area contributed by atoms with Crippen molar-refractivity contribution in [3.63, 3.8) is 0 Å². The van der Waals surface area contributed by atoms with Crippen molar-refractivity contribution in [3.8, 4) is 0 Å². The molecular weight excluding hydrogens is 304 g/mol. The smallest absolute Gasteiger partial charge is 0.306 e. The quantitative estimate of drug-likeness (QED) is 0.811. The van der Waals surface area contributed by atoms with E-state index in [0.717, 1.165) is 9.87 Å². The summed E-state index contributed by atoms with van der Waals surface area (Å²) < 4.78 is 31.9. The van der Waals surface area contributed by atoms with Crippen LogP contribution in [0.15, 0.2) is 18.2 Å². The van der Waals surface area contributed by atoms with Crippen molar-refractivity contribution in [2.75, 3.05) is 25.4 Å². The van der Waals surface area contributed by atoms with Crippen molar-refractivity contribution in [3.05, 3.63) is 28.8 Å². The van der Waals surface area contributed by atoms with E-state index in [4.69, 9.17) is 11.6 Å². The van der Waals surface area contributed by atoms with Gasteiger partial charge in [0.15, 0.2) is 0 Å². The monoisotopic (exact) mass is 320 g/mol. The SMILES string of the molecule is COC(=O)CCN(C)S(=O)(=O)Nc1ccc(C)c(Cl)c1. The topological polar surface area (TPSA) is 75.7 Å². The van der Waals surface area contributed by atoms with Crippen LogP contribution < -0.4 is 4.72 Å². The number of ether oxygens (including phenoxy) is 1. The van der Waals surface area contributed by atoms with Gasteiger partial charge in [0.25, 0.3) is 0 Å². The van der Waals surface area contributed by atoms with E-state index in [1.807, 2.05) is 6.92 Å². The van der Waals surface area contributed by atoms with Gasteiger partial charge < -0.3 is 4.74 Å². The standard InChI is InChI=1S/C12H17ClN2O4S/c1-9-4-5-10(8-11(9)13)14-20(17,18)15(2)7-6-12(16)19-3/h4-5,8,14H,6-7H2,1-3H3. The Hall–Kier alpha value is -1.31.